The molecule has 4 nitrogen and oxygen atoms in total. The van der Waals surface area contributed by atoms with Crippen LogP contribution in [0.15, 0.2) is 18.3 Å². The molecular weight excluding hydrogens is 219 g/mol. The summed E-state index contributed by atoms with van der Waals surface area (Å²) >= 11 is 0. The average Bonchev–Trinajstić information content (AvgIpc) is 2.05. The van der Waals surface area contributed by atoms with E-state index in [9.17, 15) is 12.8 Å². The number of halogens is 1. The molecule has 0 aromatic carbocycles. The molecule has 0 saturated heterocycles. The Morgan fingerprint density at radius 2 is 2.20 bits per heavy atom. The number of nitrogens with one attached hydrogen (secondary N) is 1. The summed E-state index contributed by atoms with van der Waals surface area (Å²) in [4.78, 5) is 3.45. The van der Waals surface area contributed by atoms with Crippen molar-refractivity contribution in [1.29, 1.82) is 0 Å². The minimum atomic E-state index is -3.01. The topological polar surface area (TPSA) is 59.1 Å². The van der Waals surface area contributed by atoms with Gasteiger partial charge in [0.2, 0.25) is 5.95 Å². The second kappa shape index (κ2) is 4.57. The van der Waals surface area contributed by atoms with Crippen molar-refractivity contribution in [3.8, 4) is 0 Å². The molecule has 1 atom stereocenters. The van der Waals surface area contributed by atoms with Gasteiger partial charge in [-0.3, -0.25) is 0 Å². The molecule has 15 heavy (non-hydrogen) atoms. The molecule has 0 aliphatic carbocycles. The van der Waals surface area contributed by atoms with Gasteiger partial charge in [-0.25, -0.2) is 13.4 Å². The van der Waals surface area contributed by atoms with Crippen LogP contribution in [0.5, 0.6) is 0 Å². The van der Waals surface area contributed by atoms with Crippen molar-refractivity contribution in [2.24, 2.45) is 0 Å². The number of aromatic nitrogens is 1. The highest BCUT2D eigenvalue weighted by atomic mass is 32.2. The highest BCUT2D eigenvalue weighted by Gasteiger charge is 2.10. The van der Waals surface area contributed by atoms with Crippen molar-refractivity contribution in [2.75, 3.05) is 17.3 Å². The lowest BCUT2D eigenvalue weighted by atomic mass is 10.3. The van der Waals surface area contributed by atoms with Crippen LogP contribution in [0.4, 0.5) is 10.1 Å². The molecular formula is C9H13FN2O2S. The summed E-state index contributed by atoms with van der Waals surface area (Å²) in [7, 11) is -3.01. The molecule has 0 aliphatic heterocycles. The number of anilines is 1. The van der Waals surface area contributed by atoms with Crippen molar-refractivity contribution in [1.82, 2.24) is 4.98 Å². The number of sulfone groups is 1. The fourth-order valence-electron chi connectivity index (χ4n) is 1.24. The number of nitrogens with zero attached hydrogens (tertiary/aromatic N) is 1. The first-order valence-electron chi connectivity index (χ1n) is 4.42. The van der Waals surface area contributed by atoms with Crippen LogP contribution in [0.3, 0.4) is 0 Å². The van der Waals surface area contributed by atoms with E-state index < -0.39 is 15.8 Å². The molecule has 0 radical (unpaired) electrons. The molecule has 0 fully saturated rings. The predicted molar refractivity (Wildman–Crippen MR) is 57.0 cm³/mol. The van der Waals surface area contributed by atoms with E-state index in [4.69, 9.17) is 0 Å². The van der Waals surface area contributed by atoms with E-state index >= 15 is 0 Å². The summed E-state index contributed by atoms with van der Waals surface area (Å²) in [6.45, 7) is 1.74. The van der Waals surface area contributed by atoms with Gasteiger partial charge in [-0.2, -0.15) is 4.39 Å². The second-order valence-corrected chi connectivity index (χ2v) is 5.69. The van der Waals surface area contributed by atoms with Crippen LogP contribution in [0.2, 0.25) is 0 Å². The van der Waals surface area contributed by atoms with Crippen LogP contribution in [0.25, 0.3) is 0 Å². The number of hydrogen-bond acceptors (Lipinski definition) is 4. The number of pyridine rings is 1. The number of rotatable bonds is 4. The fourth-order valence-corrected chi connectivity index (χ4v) is 2.23. The monoisotopic (exact) mass is 232 g/mol. The quantitative estimate of drug-likeness (QED) is 0.789. The van der Waals surface area contributed by atoms with Crippen molar-refractivity contribution in [3.05, 3.63) is 24.3 Å². The van der Waals surface area contributed by atoms with E-state index in [1.54, 1.807) is 6.92 Å². The number of hydrogen-bond donors (Lipinski definition) is 1. The van der Waals surface area contributed by atoms with E-state index in [1.807, 2.05) is 0 Å². The minimum Gasteiger partial charge on any atom is -0.380 e. The molecule has 0 spiro atoms. The van der Waals surface area contributed by atoms with Crippen molar-refractivity contribution in [2.45, 2.75) is 13.0 Å². The Bertz CT molecular complexity index is 416. The van der Waals surface area contributed by atoms with Gasteiger partial charge < -0.3 is 5.32 Å². The van der Waals surface area contributed by atoms with Crippen molar-refractivity contribution in [3.63, 3.8) is 0 Å². The minimum absolute atomic E-state index is 0.0321. The average molecular weight is 232 g/mol. The maximum absolute atomic E-state index is 12.5. The van der Waals surface area contributed by atoms with E-state index in [0.29, 0.717) is 5.69 Å². The van der Waals surface area contributed by atoms with E-state index in [0.717, 1.165) is 0 Å². The third-order valence-corrected chi connectivity index (χ3v) is 2.80. The van der Waals surface area contributed by atoms with E-state index in [1.165, 1.54) is 24.6 Å². The van der Waals surface area contributed by atoms with Gasteiger partial charge in [0.25, 0.3) is 0 Å². The van der Waals surface area contributed by atoms with Gasteiger partial charge in [0, 0.05) is 12.3 Å². The fraction of sp³-hybridized carbons (Fsp3) is 0.444. The summed E-state index contributed by atoms with van der Waals surface area (Å²) in [6.07, 6.45) is 2.50. The van der Waals surface area contributed by atoms with Gasteiger partial charge in [-0.1, -0.05) is 0 Å². The lowest BCUT2D eigenvalue weighted by Crippen LogP contribution is -2.25. The molecule has 1 heterocycles. The predicted octanol–water partition coefficient (Wildman–Crippen LogP) is 1.07. The maximum atomic E-state index is 12.5. The van der Waals surface area contributed by atoms with Crippen LogP contribution < -0.4 is 5.32 Å². The standard InChI is InChI=1S/C9H13FN2O2S/c1-7(6-15(2,13)14)12-8-3-4-9(10)11-5-8/h3-5,7,12H,6H2,1-2H3. The Labute approximate surface area is 88.5 Å². The molecule has 1 unspecified atom stereocenters. The molecule has 1 aromatic heterocycles. The lowest BCUT2D eigenvalue weighted by Gasteiger charge is -2.13. The third kappa shape index (κ3) is 4.73. The normalized spacial score (nSPS) is 13.5. The van der Waals surface area contributed by atoms with Crippen LogP contribution in [0.1, 0.15) is 6.92 Å². The zero-order valence-corrected chi connectivity index (χ0v) is 9.38. The van der Waals surface area contributed by atoms with E-state index in [-0.39, 0.29) is 11.8 Å². The molecule has 6 heteroatoms. The SMILES string of the molecule is CC(CS(C)(=O)=O)Nc1ccc(F)nc1. The van der Waals surface area contributed by atoms with Gasteiger partial charge in [0.05, 0.1) is 17.6 Å². The Morgan fingerprint density at radius 1 is 1.53 bits per heavy atom. The smallest absolute Gasteiger partial charge is 0.212 e. The lowest BCUT2D eigenvalue weighted by molar-refractivity contribution is 0.583. The Morgan fingerprint density at radius 3 is 2.67 bits per heavy atom. The van der Waals surface area contributed by atoms with Gasteiger partial charge in [0.1, 0.15) is 9.84 Å². The maximum Gasteiger partial charge on any atom is 0.212 e. The zero-order valence-electron chi connectivity index (χ0n) is 8.57. The van der Waals surface area contributed by atoms with Crippen molar-refractivity contribution >= 4 is 15.5 Å². The molecule has 1 rings (SSSR count). The van der Waals surface area contributed by atoms with Gasteiger partial charge in [-0.15, -0.1) is 0 Å². The molecule has 84 valence electrons. The molecule has 0 amide bonds. The molecule has 1 aromatic rings. The van der Waals surface area contributed by atoms with Crippen LogP contribution in [-0.2, 0) is 9.84 Å². The van der Waals surface area contributed by atoms with Gasteiger partial charge in [-0.05, 0) is 19.1 Å². The largest absolute Gasteiger partial charge is 0.380 e. The summed E-state index contributed by atoms with van der Waals surface area (Å²) in [5, 5.41) is 2.92. The Kier molecular flexibility index (Phi) is 3.62. The zero-order chi connectivity index (χ0) is 11.5. The summed E-state index contributed by atoms with van der Waals surface area (Å²) in [6, 6.07) is 2.50. The first-order valence-corrected chi connectivity index (χ1v) is 6.49. The van der Waals surface area contributed by atoms with E-state index in [2.05, 4.69) is 10.3 Å². The van der Waals surface area contributed by atoms with Gasteiger partial charge in [0.15, 0.2) is 0 Å². The summed E-state index contributed by atoms with van der Waals surface area (Å²) in [5.74, 6) is -0.527. The van der Waals surface area contributed by atoms with Crippen LogP contribution >= 0.6 is 0 Å². The third-order valence-electron chi connectivity index (χ3n) is 1.69. The van der Waals surface area contributed by atoms with Gasteiger partial charge >= 0.3 is 0 Å². The summed E-state index contributed by atoms with van der Waals surface area (Å²) < 4.78 is 34.4. The molecule has 1 N–H and O–H groups in total. The molecule has 0 saturated carbocycles. The molecule has 0 aliphatic rings. The highest BCUT2D eigenvalue weighted by molar-refractivity contribution is 7.90. The van der Waals surface area contributed by atoms with Crippen LogP contribution in [0, 0.1) is 5.95 Å². The highest BCUT2D eigenvalue weighted by Crippen LogP contribution is 2.07. The molecule has 0 bridgehead atoms. The summed E-state index contributed by atoms with van der Waals surface area (Å²) in [5.41, 5.74) is 0.604. The first-order chi connectivity index (χ1) is 6.87. The second-order valence-electron chi connectivity index (χ2n) is 3.51. The Balaban J connectivity index is 2.59. The van der Waals surface area contributed by atoms with Crippen LogP contribution in [-0.4, -0.2) is 31.5 Å². The first kappa shape index (κ1) is 11.9. The van der Waals surface area contributed by atoms with Crippen molar-refractivity contribution < 1.29 is 12.8 Å². The Hall–Kier alpha value is -1.17.